The number of hydrogen-bond acceptors (Lipinski definition) is 5. The standard InChI is InChI=1S/C22H24F3N5O2/c23-22(24,25)19(5-8-26)27-11-14-1-3-15(4-2-14)30-10-7-18(32)17-12-28-21-16(20(17)30)6-9-29(21)13-31/h6-7,9-10,12,14-15,19,27,31H,1-5,11,13H2. The molecule has 0 amide bonds. The number of aromatic nitrogens is 3. The number of rotatable bonds is 6. The number of fused-ring (bicyclic) bond motifs is 3. The fourth-order valence-electron chi connectivity index (χ4n) is 4.65. The van der Waals surface area contributed by atoms with Crippen molar-refractivity contribution in [3.05, 3.63) is 40.9 Å². The Balaban J connectivity index is 1.53. The third kappa shape index (κ3) is 4.23. The molecule has 4 rings (SSSR count). The van der Waals surface area contributed by atoms with Crippen LogP contribution in [0.15, 0.2) is 35.5 Å². The van der Waals surface area contributed by atoms with E-state index in [0.29, 0.717) is 11.0 Å². The maximum Gasteiger partial charge on any atom is 0.404 e. The molecule has 1 aliphatic rings. The summed E-state index contributed by atoms with van der Waals surface area (Å²) in [6.45, 7) is -0.00108. The maximum absolute atomic E-state index is 13.0. The van der Waals surface area contributed by atoms with E-state index >= 15 is 0 Å². The van der Waals surface area contributed by atoms with Crippen LogP contribution in [0.3, 0.4) is 0 Å². The van der Waals surface area contributed by atoms with Crippen molar-refractivity contribution in [2.45, 2.75) is 57.1 Å². The van der Waals surface area contributed by atoms with Gasteiger partial charge in [0.15, 0.2) is 5.43 Å². The van der Waals surface area contributed by atoms with Gasteiger partial charge in [0.25, 0.3) is 0 Å². The second-order valence-electron chi connectivity index (χ2n) is 8.31. The molecule has 3 heterocycles. The van der Waals surface area contributed by atoms with Crippen molar-refractivity contribution in [2.24, 2.45) is 5.92 Å². The van der Waals surface area contributed by atoms with Crippen LogP contribution in [0.5, 0.6) is 0 Å². The lowest BCUT2D eigenvalue weighted by atomic mass is 9.85. The number of aliphatic hydroxyl groups is 1. The Morgan fingerprint density at radius 3 is 2.62 bits per heavy atom. The Morgan fingerprint density at radius 1 is 1.22 bits per heavy atom. The van der Waals surface area contributed by atoms with E-state index in [9.17, 15) is 23.1 Å². The number of nitrogens with one attached hydrogen (secondary N) is 1. The van der Waals surface area contributed by atoms with Crippen molar-refractivity contribution >= 4 is 21.9 Å². The highest BCUT2D eigenvalue weighted by atomic mass is 19.4. The molecule has 170 valence electrons. The highest BCUT2D eigenvalue weighted by Crippen LogP contribution is 2.35. The van der Waals surface area contributed by atoms with E-state index in [0.717, 1.165) is 36.6 Å². The van der Waals surface area contributed by atoms with E-state index in [2.05, 4.69) is 14.9 Å². The summed E-state index contributed by atoms with van der Waals surface area (Å²) in [5.41, 5.74) is 1.23. The lowest BCUT2D eigenvalue weighted by molar-refractivity contribution is -0.155. The third-order valence-electron chi connectivity index (χ3n) is 6.38. The average molecular weight is 447 g/mol. The smallest absolute Gasteiger partial charge is 0.376 e. The summed E-state index contributed by atoms with van der Waals surface area (Å²) >= 11 is 0. The maximum atomic E-state index is 13.0. The third-order valence-corrected chi connectivity index (χ3v) is 6.38. The van der Waals surface area contributed by atoms with Crippen LogP contribution < -0.4 is 10.7 Å². The Hall–Kier alpha value is -2.90. The van der Waals surface area contributed by atoms with Crippen molar-refractivity contribution in [3.8, 4) is 6.07 Å². The zero-order chi connectivity index (χ0) is 22.9. The molecule has 0 bridgehead atoms. The minimum absolute atomic E-state index is 0.0950. The van der Waals surface area contributed by atoms with Gasteiger partial charge in [0.1, 0.15) is 18.4 Å². The van der Waals surface area contributed by atoms with Crippen LogP contribution in [-0.2, 0) is 6.73 Å². The molecule has 1 unspecified atom stereocenters. The minimum atomic E-state index is -4.44. The van der Waals surface area contributed by atoms with Gasteiger partial charge >= 0.3 is 6.18 Å². The van der Waals surface area contributed by atoms with Crippen molar-refractivity contribution in [1.82, 2.24) is 19.4 Å². The number of nitrogens with zero attached hydrogens (tertiary/aromatic N) is 4. The molecule has 7 nitrogen and oxygen atoms in total. The fourth-order valence-corrected chi connectivity index (χ4v) is 4.65. The van der Waals surface area contributed by atoms with Gasteiger partial charge in [-0.15, -0.1) is 0 Å². The number of nitriles is 1. The van der Waals surface area contributed by atoms with Gasteiger partial charge in [-0.05, 0) is 44.2 Å². The van der Waals surface area contributed by atoms with E-state index in [4.69, 9.17) is 5.26 Å². The molecular weight excluding hydrogens is 423 g/mol. The van der Waals surface area contributed by atoms with Crippen LogP contribution in [0.2, 0.25) is 0 Å². The molecule has 1 atom stereocenters. The van der Waals surface area contributed by atoms with Crippen LogP contribution in [0.4, 0.5) is 13.2 Å². The molecule has 3 aromatic rings. The Bertz CT molecular complexity index is 1200. The molecule has 0 aromatic carbocycles. The van der Waals surface area contributed by atoms with Gasteiger partial charge in [-0.3, -0.25) is 4.79 Å². The van der Waals surface area contributed by atoms with Crippen LogP contribution in [0.1, 0.15) is 38.1 Å². The van der Waals surface area contributed by atoms with E-state index in [1.54, 1.807) is 23.0 Å². The summed E-state index contributed by atoms with van der Waals surface area (Å²) in [4.78, 5) is 16.8. The molecule has 32 heavy (non-hydrogen) atoms. The first-order chi connectivity index (χ1) is 15.3. The predicted molar refractivity (Wildman–Crippen MR) is 113 cm³/mol. The molecule has 0 spiro atoms. The molecule has 1 aliphatic carbocycles. The van der Waals surface area contributed by atoms with Crippen molar-refractivity contribution in [2.75, 3.05) is 6.54 Å². The fraction of sp³-hybridized carbons (Fsp3) is 0.500. The largest absolute Gasteiger partial charge is 0.404 e. The lowest BCUT2D eigenvalue weighted by Crippen LogP contribution is -2.44. The van der Waals surface area contributed by atoms with Gasteiger partial charge in [0, 0.05) is 36.1 Å². The molecule has 10 heteroatoms. The number of aliphatic hydroxyl groups excluding tert-OH is 1. The van der Waals surface area contributed by atoms with Gasteiger partial charge in [-0.25, -0.2) is 4.98 Å². The van der Waals surface area contributed by atoms with E-state index in [-0.39, 0.29) is 30.7 Å². The Kier molecular flexibility index (Phi) is 6.22. The van der Waals surface area contributed by atoms with Crippen LogP contribution in [0.25, 0.3) is 21.9 Å². The molecule has 3 aromatic heterocycles. The van der Waals surface area contributed by atoms with Gasteiger partial charge < -0.3 is 19.6 Å². The summed E-state index contributed by atoms with van der Waals surface area (Å²) in [5, 5.41) is 22.0. The SMILES string of the molecule is N#CCC(NCC1CCC(n2ccc(=O)c3cnc4c(ccn4CO)c32)CC1)C(F)(F)F. The number of halogens is 3. The van der Waals surface area contributed by atoms with Crippen molar-refractivity contribution in [3.63, 3.8) is 0 Å². The van der Waals surface area contributed by atoms with Gasteiger partial charge in [0.2, 0.25) is 0 Å². The summed E-state index contributed by atoms with van der Waals surface area (Å²) in [6.07, 6.45) is 3.02. The number of alkyl halides is 3. The molecule has 0 aliphatic heterocycles. The number of pyridine rings is 2. The molecule has 0 saturated heterocycles. The van der Waals surface area contributed by atoms with Gasteiger partial charge in [0.05, 0.1) is 23.4 Å². The lowest BCUT2D eigenvalue weighted by Gasteiger charge is -2.32. The first-order valence-electron chi connectivity index (χ1n) is 10.6. The summed E-state index contributed by atoms with van der Waals surface area (Å²) in [7, 11) is 0. The van der Waals surface area contributed by atoms with Crippen molar-refractivity contribution in [1.29, 1.82) is 5.26 Å². The minimum Gasteiger partial charge on any atom is -0.376 e. The van der Waals surface area contributed by atoms with Crippen LogP contribution >= 0.6 is 0 Å². The van der Waals surface area contributed by atoms with E-state index < -0.39 is 18.6 Å². The van der Waals surface area contributed by atoms with Crippen LogP contribution in [0, 0.1) is 17.2 Å². The molecule has 1 saturated carbocycles. The van der Waals surface area contributed by atoms with E-state index in [1.165, 1.54) is 12.3 Å². The molecule has 0 radical (unpaired) electrons. The summed E-state index contributed by atoms with van der Waals surface area (Å²) in [6, 6.07) is 3.25. The number of hydrogen-bond donors (Lipinski definition) is 2. The zero-order valence-corrected chi connectivity index (χ0v) is 17.3. The van der Waals surface area contributed by atoms with Crippen molar-refractivity contribution < 1.29 is 18.3 Å². The van der Waals surface area contributed by atoms with E-state index in [1.807, 2.05) is 6.07 Å². The monoisotopic (exact) mass is 447 g/mol. The van der Waals surface area contributed by atoms with Crippen LogP contribution in [-0.4, -0.2) is 38.0 Å². The topological polar surface area (TPSA) is 95.9 Å². The summed E-state index contributed by atoms with van der Waals surface area (Å²) in [5.74, 6) is 0.0950. The second kappa shape index (κ2) is 8.92. The normalized spacial score (nSPS) is 20.5. The second-order valence-corrected chi connectivity index (χ2v) is 8.31. The predicted octanol–water partition coefficient (Wildman–Crippen LogP) is 3.47. The highest BCUT2D eigenvalue weighted by Gasteiger charge is 2.39. The zero-order valence-electron chi connectivity index (χ0n) is 17.3. The Labute approximate surface area is 182 Å². The Morgan fingerprint density at radius 2 is 1.97 bits per heavy atom. The summed E-state index contributed by atoms with van der Waals surface area (Å²) < 4.78 is 42.7. The molecule has 2 N–H and O–H groups in total. The first kappa shape index (κ1) is 22.3. The average Bonchev–Trinajstić information content (AvgIpc) is 3.20. The quantitative estimate of drug-likeness (QED) is 0.603. The molecular formula is C22H24F3N5O2. The first-order valence-corrected chi connectivity index (χ1v) is 10.6. The molecule has 1 fully saturated rings. The van der Waals surface area contributed by atoms with Gasteiger partial charge in [-0.2, -0.15) is 18.4 Å². The van der Waals surface area contributed by atoms with Gasteiger partial charge in [-0.1, -0.05) is 0 Å². The highest BCUT2D eigenvalue weighted by molar-refractivity contribution is 6.02.